The molecule has 1 aromatic rings. The third-order valence-electron chi connectivity index (χ3n) is 2.98. The highest BCUT2D eigenvalue weighted by atomic mass is 16.5. The number of methoxy groups -OCH3 is 1. The first-order chi connectivity index (χ1) is 7.74. The van der Waals surface area contributed by atoms with Crippen LogP contribution in [-0.4, -0.2) is 7.11 Å². The van der Waals surface area contributed by atoms with E-state index in [-0.39, 0.29) is 0 Å². The average Bonchev–Trinajstić information content (AvgIpc) is 2.30. The lowest BCUT2D eigenvalue weighted by atomic mass is 9.83. The Morgan fingerprint density at radius 1 is 1.31 bits per heavy atom. The lowest BCUT2D eigenvalue weighted by molar-refractivity contribution is 0.404. The molecular weight excluding hydrogens is 196 g/mol. The molecule has 0 spiro atoms. The Hall–Kier alpha value is -0.980. The van der Waals surface area contributed by atoms with E-state index in [0.29, 0.717) is 5.92 Å². The fourth-order valence-corrected chi connectivity index (χ4v) is 2.24. The molecule has 1 nitrogen and oxygen atoms in total. The van der Waals surface area contributed by atoms with Crippen molar-refractivity contribution in [1.29, 1.82) is 0 Å². The summed E-state index contributed by atoms with van der Waals surface area (Å²) in [5.74, 6) is 1.78. The summed E-state index contributed by atoms with van der Waals surface area (Å²) < 4.78 is 5.36. The lowest BCUT2D eigenvalue weighted by Gasteiger charge is -2.23. The minimum absolute atomic E-state index is 0.707. The van der Waals surface area contributed by atoms with Crippen molar-refractivity contribution in [2.24, 2.45) is 0 Å². The van der Waals surface area contributed by atoms with Crippen molar-refractivity contribution in [3.8, 4) is 5.75 Å². The maximum Gasteiger partial charge on any atom is 0.122 e. The van der Waals surface area contributed by atoms with E-state index in [1.54, 1.807) is 7.11 Å². The van der Waals surface area contributed by atoms with Crippen LogP contribution in [0.4, 0.5) is 0 Å². The number of fused-ring (bicyclic) bond motifs is 1. The molecule has 1 aliphatic rings. The Morgan fingerprint density at radius 2 is 2.00 bits per heavy atom. The molecule has 1 heteroatoms. The number of hydrogen-bond donors (Lipinski definition) is 0. The third kappa shape index (κ3) is 3.01. The Morgan fingerprint density at radius 3 is 2.62 bits per heavy atom. The molecular formula is C15H24O. The lowest BCUT2D eigenvalue weighted by Crippen LogP contribution is -2.08. The van der Waals surface area contributed by atoms with Gasteiger partial charge in [0.25, 0.3) is 0 Å². The van der Waals surface area contributed by atoms with Gasteiger partial charge in [-0.1, -0.05) is 39.3 Å². The van der Waals surface area contributed by atoms with Gasteiger partial charge in [0.05, 0.1) is 7.11 Å². The molecule has 0 radical (unpaired) electrons. The molecule has 0 N–H and O–H groups in total. The van der Waals surface area contributed by atoms with E-state index >= 15 is 0 Å². The topological polar surface area (TPSA) is 9.23 Å². The average molecular weight is 220 g/mol. The molecule has 16 heavy (non-hydrogen) atoms. The second kappa shape index (κ2) is 6.57. The van der Waals surface area contributed by atoms with E-state index in [1.807, 2.05) is 0 Å². The smallest absolute Gasteiger partial charge is 0.122 e. The summed E-state index contributed by atoms with van der Waals surface area (Å²) in [6.07, 6.45) is 5.05. The molecule has 1 aliphatic carbocycles. The summed E-state index contributed by atoms with van der Waals surface area (Å²) in [6.45, 7) is 6.55. The fraction of sp³-hybridized carbons (Fsp3) is 0.600. The first kappa shape index (κ1) is 13.1. The molecule has 0 bridgehead atoms. The first-order valence-corrected chi connectivity index (χ1v) is 6.40. The van der Waals surface area contributed by atoms with Gasteiger partial charge in [-0.3, -0.25) is 0 Å². The zero-order valence-electron chi connectivity index (χ0n) is 11.0. The largest absolute Gasteiger partial charge is 0.496 e. The van der Waals surface area contributed by atoms with Crippen LogP contribution in [0.15, 0.2) is 18.2 Å². The van der Waals surface area contributed by atoms with Crippen LogP contribution in [0.5, 0.6) is 5.75 Å². The summed E-state index contributed by atoms with van der Waals surface area (Å²) >= 11 is 0. The molecule has 1 unspecified atom stereocenters. The van der Waals surface area contributed by atoms with Crippen molar-refractivity contribution < 1.29 is 4.74 Å². The van der Waals surface area contributed by atoms with E-state index in [1.165, 1.54) is 36.8 Å². The van der Waals surface area contributed by atoms with Gasteiger partial charge in [0.1, 0.15) is 5.75 Å². The summed E-state index contributed by atoms with van der Waals surface area (Å²) in [5.41, 5.74) is 2.93. The predicted molar refractivity (Wildman–Crippen MR) is 70.3 cm³/mol. The van der Waals surface area contributed by atoms with Crippen LogP contribution < -0.4 is 4.74 Å². The highest BCUT2D eigenvalue weighted by molar-refractivity contribution is 5.43. The SMILES string of the molecule is CCC.COc1cccc2c1CCCC2C. The van der Waals surface area contributed by atoms with Crippen LogP contribution in [0.25, 0.3) is 0 Å². The highest BCUT2D eigenvalue weighted by Crippen LogP contribution is 2.35. The van der Waals surface area contributed by atoms with Gasteiger partial charge in [-0.25, -0.2) is 0 Å². The van der Waals surface area contributed by atoms with Gasteiger partial charge in [0.2, 0.25) is 0 Å². The van der Waals surface area contributed by atoms with Crippen molar-refractivity contribution in [1.82, 2.24) is 0 Å². The van der Waals surface area contributed by atoms with Crippen molar-refractivity contribution in [3.05, 3.63) is 29.3 Å². The monoisotopic (exact) mass is 220 g/mol. The fourth-order valence-electron chi connectivity index (χ4n) is 2.24. The van der Waals surface area contributed by atoms with Crippen molar-refractivity contribution in [2.45, 2.75) is 52.4 Å². The summed E-state index contributed by atoms with van der Waals surface area (Å²) in [4.78, 5) is 0. The van der Waals surface area contributed by atoms with Gasteiger partial charge >= 0.3 is 0 Å². The van der Waals surface area contributed by atoms with E-state index in [4.69, 9.17) is 4.74 Å². The predicted octanol–water partition coefficient (Wildman–Crippen LogP) is 4.55. The normalized spacial score (nSPS) is 18.1. The van der Waals surface area contributed by atoms with E-state index in [2.05, 4.69) is 39.0 Å². The van der Waals surface area contributed by atoms with Crippen LogP contribution >= 0.6 is 0 Å². The molecule has 0 fully saturated rings. The summed E-state index contributed by atoms with van der Waals surface area (Å²) in [7, 11) is 1.76. The van der Waals surface area contributed by atoms with Crippen molar-refractivity contribution in [2.75, 3.05) is 7.11 Å². The molecule has 0 aromatic heterocycles. The van der Waals surface area contributed by atoms with Gasteiger partial charge in [-0.15, -0.1) is 0 Å². The van der Waals surface area contributed by atoms with Crippen LogP contribution in [0.3, 0.4) is 0 Å². The number of rotatable bonds is 1. The second-order valence-electron chi connectivity index (χ2n) is 4.53. The highest BCUT2D eigenvalue weighted by Gasteiger charge is 2.18. The Labute approximate surface area is 99.8 Å². The molecule has 1 atom stereocenters. The van der Waals surface area contributed by atoms with Crippen molar-refractivity contribution >= 4 is 0 Å². The maximum atomic E-state index is 5.36. The number of benzene rings is 1. The van der Waals surface area contributed by atoms with E-state index in [0.717, 1.165) is 5.75 Å². The maximum absolute atomic E-state index is 5.36. The molecule has 0 saturated heterocycles. The van der Waals surface area contributed by atoms with Gasteiger partial charge < -0.3 is 4.74 Å². The van der Waals surface area contributed by atoms with Gasteiger partial charge in [-0.2, -0.15) is 0 Å². The standard InChI is InChI=1S/C12H16O.C3H8/c1-9-5-3-7-11-10(9)6-4-8-12(11)13-2;1-3-2/h4,6,8-9H,3,5,7H2,1-2H3;3H2,1-2H3. The van der Waals surface area contributed by atoms with E-state index < -0.39 is 0 Å². The zero-order valence-corrected chi connectivity index (χ0v) is 11.0. The van der Waals surface area contributed by atoms with Crippen molar-refractivity contribution in [3.63, 3.8) is 0 Å². The minimum atomic E-state index is 0.707. The quantitative estimate of drug-likeness (QED) is 0.674. The molecule has 0 heterocycles. The van der Waals surface area contributed by atoms with Gasteiger partial charge in [0, 0.05) is 0 Å². The number of ether oxygens (including phenoxy) is 1. The number of hydrogen-bond acceptors (Lipinski definition) is 1. The van der Waals surface area contributed by atoms with Crippen LogP contribution in [0, 0.1) is 0 Å². The van der Waals surface area contributed by atoms with Crippen LogP contribution in [0.1, 0.15) is 57.1 Å². The molecule has 0 aliphatic heterocycles. The van der Waals surface area contributed by atoms with Gasteiger partial charge in [-0.05, 0) is 42.4 Å². The zero-order chi connectivity index (χ0) is 12.0. The van der Waals surface area contributed by atoms with Gasteiger partial charge in [0.15, 0.2) is 0 Å². The Bertz CT molecular complexity index is 317. The molecule has 0 saturated carbocycles. The summed E-state index contributed by atoms with van der Waals surface area (Å²) in [6, 6.07) is 6.40. The second-order valence-corrected chi connectivity index (χ2v) is 4.53. The van der Waals surface area contributed by atoms with Crippen LogP contribution in [0.2, 0.25) is 0 Å². The first-order valence-electron chi connectivity index (χ1n) is 6.40. The summed E-state index contributed by atoms with van der Waals surface area (Å²) in [5, 5.41) is 0. The Balaban J connectivity index is 0.000000386. The molecule has 0 amide bonds. The molecule has 90 valence electrons. The minimum Gasteiger partial charge on any atom is -0.496 e. The molecule has 2 rings (SSSR count). The molecule has 1 aromatic carbocycles. The Kier molecular flexibility index (Phi) is 5.37. The van der Waals surface area contributed by atoms with E-state index in [9.17, 15) is 0 Å². The third-order valence-corrected chi connectivity index (χ3v) is 2.98. The van der Waals surface area contributed by atoms with Crippen LogP contribution in [-0.2, 0) is 6.42 Å².